The Hall–Kier alpha value is -2.69. The van der Waals surface area contributed by atoms with Crippen LogP contribution in [0.2, 0.25) is 0 Å². The summed E-state index contributed by atoms with van der Waals surface area (Å²) < 4.78 is 14.7. The Bertz CT molecular complexity index is 809. The SMILES string of the molecule is CC(c1ccc(F)cc1)n1cc2ccc(C(=O)O)cc2n1. The van der Waals surface area contributed by atoms with Crippen molar-refractivity contribution >= 4 is 16.9 Å². The van der Waals surface area contributed by atoms with E-state index in [0.29, 0.717) is 5.52 Å². The molecule has 1 atom stereocenters. The van der Waals surface area contributed by atoms with E-state index in [2.05, 4.69) is 5.10 Å². The largest absolute Gasteiger partial charge is 0.478 e. The Morgan fingerprint density at radius 1 is 1.24 bits per heavy atom. The highest BCUT2D eigenvalue weighted by molar-refractivity contribution is 5.92. The molecule has 1 unspecified atom stereocenters. The standard InChI is InChI=1S/C16H13FN2O2/c1-10(11-4-6-14(17)7-5-11)19-9-13-3-2-12(16(20)21)8-15(13)18-19/h2-10H,1H3,(H,20,21). The van der Waals surface area contributed by atoms with Crippen molar-refractivity contribution in [3.8, 4) is 0 Å². The highest BCUT2D eigenvalue weighted by Crippen LogP contribution is 2.21. The van der Waals surface area contributed by atoms with Crippen LogP contribution in [-0.4, -0.2) is 20.9 Å². The molecule has 106 valence electrons. The van der Waals surface area contributed by atoms with Crippen LogP contribution >= 0.6 is 0 Å². The maximum atomic E-state index is 13.0. The molecule has 3 rings (SSSR count). The molecule has 0 aliphatic carbocycles. The minimum Gasteiger partial charge on any atom is -0.478 e. The maximum Gasteiger partial charge on any atom is 0.335 e. The zero-order valence-corrected chi connectivity index (χ0v) is 11.3. The molecular formula is C16H13FN2O2. The Morgan fingerprint density at radius 3 is 2.62 bits per heavy atom. The molecular weight excluding hydrogens is 271 g/mol. The third kappa shape index (κ3) is 2.50. The molecule has 0 aliphatic heterocycles. The molecule has 4 nitrogen and oxygen atoms in total. The van der Waals surface area contributed by atoms with E-state index in [-0.39, 0.29) is 17.4 Å². The fourth-order valence-corrected chi connectivity index (χ4v) is 2.26. The van der Waals surface area contributed by atoms with Crippen molar-refractivity contribution in [2.24, 2.45) is 0 Å². The molecule has 1 N–H and O–H groups in total. The van der Waals surface area contributed by atoms with E-state index >= 15 is 0 Å². The fourth-order valence-electron chi connectivity index (χ4n) is 2.26. The predicted octanol–water partition coefficient (Wildman–Crippen LogP) is 3.48. The van der Waals surface area contributed by atoms with Gasteiger partial charge in [-0.3, -0.25) is 4.68 Å². The number of halogens is 1. The van der Waals surface area contributed by atoms with Gasteiger partial charge in [0.2, 0.25) is 0 Å². The summed E-state index contributed by atoms with van der Waals surface area (Å²) >= 11 is 0. The lowest BCUT2D eigenvalue weighted by atomic mass is 10.1. The minimum absolute atomic E-state index is 0.0636. The molecule has 0 aliphatic rings. The number of aromatic carboxylic acids is 1. The number of hydrogen-bond donors (Lipinski definition) is 1. The quantitative estimate of drug-likeness (QED) is 0.801. The van der Waals surface area contributed by atoms with Crippen molar-refractivity contribution < 1.29 is 14.3 Å². The lowest BCUT2D eigenvalue weighted by Crippen LogP contribution is -2.07. The van der Waals surface area contributed by atoms with Crippen molar-refractivity contribution in [1.29, 1.82) is 0 Å². The number of aromatic nitrogens is 2. The lowest BCUT2D eigenvalue weighted by molar-refractivity contribution is 0.0697. The molecule has 1 aromatic heterocycles. The molecule has 21 heavy (non-hydrogen) atoms. The summed E-state index contributed by atoms with van der Waals surface area (Å²) in [7, 11) is 0. The molecule has 2 aromatic carbocycles. The number of nitrogens with zero attached hydrogens (tertiary/aromatic N) is 2. The second kappa shape index (κ2) is 5.01. The highest BCUT2D eigenvalue weighted by Gasteiger charge is 2.12. The van der Waals surface area contributed by atoms with E-state index in [1.807, 2.05) is 13.1 Å². The number of carboxylic acids is 1. The summed E-state index contributed by atoms with van der Waals surface area (Å²) in [4.78, 5) is 11.0. The first-order chi connectivity index (χ1) is 10.0. The van der Waals surface area contributed by atoms with E-state index in [4.69, 9.17) is 5.11 Å². The van der Waals surface area contributed by atoms with Crippen molar-refractivity contribution in [2.45, 2.75) is 13.0 Å². The number of hydrogen-bond acceptors (Lipinski definition) is 2. The van der Waals surface area contributed by atoms with Gasteiger partial charge >= 0.3 is 5.97 Å². The van der Waals surface area contributed by atoms with Crippen LogP contribution in [0.4, 0.5) is 4.39 Å². The van der Waals surface area contributed by atoms with Crippen LogP contribution < -0.4 is 0 Å². The van der Waals surface area contributed by atoms with E-state index in [0.717, 1.165) is 10.9 Å². The van der Waals surface area contributed by atoms with Crippen LogP contribution in [0.1, 0.15) is 28.9 Å². The number of carboxylic acid groups (broad SMARTS) is 1. The first-order valence-electron chi connectivity index (χ1n) is 6.52. The molecule has 0 bridgehead atoms. The van der Waals surface area contributed by atoms with Crippen molar-refractivity contribution in [2.75, 3.05) is 0 Å². The summed E-state index contributed by atoms with van der Waals surface area (Å²) in [6, 6.07) is 11.0. The molecule has 0 fully saturated rings. The van der Waals surface area contributed by atoms with Gasteiger partial charge in [0.05, 0.1) is 17.1 Å². The van der Waals surface area contributed by atoms with E-state index in [9.17, 15) is 9.18 Å². The average Bonchev–Trinajstić information content (AvgIpc) is 2.90. The number of benzene rings is 2. The fraction of sp³-hybridized carbons (Fsp3) is 0.125. The Kier molecular flexibility index (Phi) is 3.17. The second-order valence-electron chi connectivity index (χ2n) is 4.92. The molecule has 5 heteroatoms. The van der Waals surface area contributed by atoms with Crippen molar-refractivity contribution in [3.05, 3.63) is 65.6 Å². The number of rotatable bonds is 3. The second-order valence-corrected chi connectivity index (χ2v) is 4.92. The van der Waals surface area contributed by atoms with Crippen LogP contribution in [0.25, 0.3) is 10.9 Å². The number of fused-ring (bicyclic) bond motifs is 1. The first kappa shape index (κ1) is 13.3. The molecule has 3 aromatic rings. The van der Waals surface area contributed by atoms with Gasteiger partial charge in [-0.1, -0.05) is 18.2 Å². The molecule has 1 heterocycles. The molecule has 0 saturated carbocycles. The van der Waals surface area contributed by atoms with Gasteiger partial charge in [0.25, 0.3) is 0 Å². The average molecular weight is 284 g/mol. The monoisotopic (exact) mass is 284 g/mol. The van der Waals surface area contributed by atoms with Gasteiger partial charge in [-0.05, 0) is 36.8 Å². The molecule has 0 saturated heterocycles. The predicted molar refractivity (Wildman–Crippen MR) is 76.9 cm³/mol. The van der Waals surface area contributed by atoms with Gasteiger partial charge in [0, 0.05) is 11.6 Å². The van der Waals surface area contributed by atoms with Crippen LogP contribution in [0.3, 0.4) is 0 Å². The summed E-state index contributed by atoms with van der Waals surface area (Å²) in [5.74, 6) is -1.25. The summed E-state index contributed by atoms with van der Waals surface area (Å²) in [5.41, 5.74) is 1.77. The van der Waals surface area contributed by atoms with Crippen LogP contribution in [0.5, 0.6) is 0 Å². The van der Waals surface area contributed by atoms with Crippen molar-refractivity contribution in [3.63, 3.8) is 0 Å². The van der Waals surface area contributed by atoms with Gasteiger partial charge in [0.15, 0.2) is 0 Å². The Labute approximate surface area is 120 Å². The first-order valence-corrected chi connectivity index (χ1v) is 6.52. The van der Waals surface area contributed by atoms with E-state index in [1.165, 1.54) is 12.1 Å². The minimum atomic E-state index is -0.974. The topological polar surface area (TPSA) is 55.1 Å². The Balaban J connectivity index is 2.00. The van der Waals surface area contributed by atoms with Crippen molar-refractivity contribution in [1.82, 2.24) is 9.78 Å². The molecule has 0 amide bonds. The van der Waals surface area contributed by atoms with Gasteiger partial charge in [-0.25, -0.2) is 9.18 Å². The van der Waals surface area contributed by atoms with E-state index in [1.54, 1.807) is 35.0 Å². The van der Waals surface area contributed by atoms with Gasteiger partial charge in [-0.2, -0.15) is 5.10 Å². The molecule has 0 radical (unpaired) electrons. The highest BCUT2D eigenvalue weighted by atomic mass is 19.1. The Morgan fingerprint density at radius 2 is 1.95 bits per heavy atom. The lowest BCUT2D eigenvalue weighted by Gasteiger charge is -2.12. The zero-order chi connectivity index (χ0) is 15.0. The maximum absolute atomic E-state index is 13.0. The van der Waals surface area contributed by atoms with Crippen LogP contribution in [0, 0.1) is 5.82 Å². The summed E-state index contributed by atoms with van der Waals surface area (Å²) in [5, 5.41) is 14.3. The van der Waals surface area contributed by atoms with Gasteiger partial charge in [0.1, 0.15) is 5.82 Å². The summed E-state index contributed by atoms with van der Waals surface area (Å²) in [6.45, 7) is 1.96. The van der Waals surface area contributed by atoms with Gasteiger partial charge < -0.3 is 5.11 Å². The normalized spacial score (nSPS) is 12.5. The smallest absolute Gasteiger partial charge is 0.335 e. The summed E-state index contributed by atoms with van der Waals surface area (Å²) in [6.07, 6.45) is 1.86. The van der Waals surface area contributed by atoms with E-state index < -0.39 is 5.97 Å². The number of carbonyl (C=O) groups is 1. The van der Waals surface area contributed by atoms with Crippen LogP contribution in [-0.2, 0) is 0 Å². The zero-order valence-electron chi connectivity index (χ0n) is 11.3. The van der Waals surface area contributed by atoms with Gasteiger partial charge in [-0.15, -0.1) is 0 Å². The molecule has 0 spiro atoms. The third-order valence-electron chi connectivity index (χ3n) is 3.52. The van der Waals surface area contributed by atoms with Crippen LogP contribution in [0.15, 0.2) is 48.7 Å². The third-order valence-corrected chi connectivity index (χ3v) is 3.52.